The van der Waals surface area contributed by atoms with Gasteiger partial charge < -0.3 is 4.74 Å². The van der Waals surface area contributed by atoms with Gasteiger partial charge in [-0.3, -0.25) is 0 Å². The lowest BCUT2D eigenvalue weighted by Crippen LogP contribution is -2.44. The zero-order chi connectivity index (χ0) is 14.0. The summed E-state index contributed by atoms with van der Waals surface area (Å²) in [4.78, 5) is 0. The molecule has 0 bridgehead atoms. The van der Waals surface area contributed by atoms with Gasteiger partial charge in [-0.2, -0.15) is 4.65 Å². The Kier molecular flexibility index (Phi) is 3.57. The van der Waals surface area contributed by atoms with Crippen LogP contribution in [0.3, 0.4) is 0 Å². The molecular formula is C17H20NO2+. The lowest BCUT2D eigenvalue weighted by Gasteiger charge is -2.31. The number of hydrogen-bond donors (Lipinski definition) is 1. The molecular weight excluding hydrogens is 250 g/mol. The minimum absolute atomic E-state index is 0.0292. The van der Waals surface area contributed by atoms with Gasteiger partial charge in [0.05, 0.1) is 13.7 Å². The zero-order valence-electron chi connectivity index (χ0n) is 11.7. The third kappa shape index (κ3) is 2.75. The Balaban J connectivity index is 2.05. The van der Waals surface area contributed by atoms with Crippen LogP contribution in [0.4, 0.5) is 0 Å². The Hall–Kier alpha value is -1.68. The SMILES string of the molecule is C[N+]1(O)CCOC(c2ccccc2)c2ccccc2C1. The van der Waals surface area contributed by atoms with E-state index >= 15 is 0 Å². The van der Waals surface area contributed by atoms with E-state index in [1.807, 2.05) is 37.4 Å². The van der Waals surface area contributed by atoms with Crippen molar-refractivity contribution in [3.63, 3.8) is 0 Å². The van der Waals surface area contributed by atoms with Crippen LogP contribution < -0.4 is 0 Å². The molecule has 1 aliphatic rings. The molecule has 1 aliphatic heterocycles. The molecule has 0 aliphatic carbocycles. The van der Waals surface area contributed by atoms with Crippen molar-refractivity contribution >= 4 is 0 Å². The van der Waals surface area contributed by atoms with E-state index < -0.39 is 0 Å². The van der Waals surface area contributed by atoms with Crippen molar-refractivity contribution in [2.24, 2.45) is 0 Å². The number of benzene rings is 2. The highest BCUT2D eigenvalue weighted by Gasteiger charge is 2.28. The molecule has 0 saturated heterocycles. The van der Waals surface area contributed by atoms with Crippen LogP contribution in [0.1, 0.15) is 22.8 Å². The molecule has 0 amide bonds. The molecule has 3 heteroatoms. The summed E-state index contributed by atoms with van der Waals surface area (Å²) in [6.07, 6.45) is -0.0484. The quantitative estimate of drug-likeness (QED) is 0.807. The Labute approximate surface area is 119 Å². The van der Waals surface area contributed by atoms with E-state index in [-0.39, 0.29) is 10.8 Å². The molecule has 2 aromatic rings. The van der Waals surface area contributed by atoms with Gasteiger partial charge in [0.25, 0.3) is 0 Å². The summed E-state index contributed by atoms with van der Waals surface area (Å²) in [6.45, 7) is 1.75. The highest BCUT2D eigenvalue weighted by molar-refractivity contribution is 5.36. The normalized spacial score (nSPS) is 26.4. The lowest BCUT2D eigenvalue weighted by atomic mass is 9.95. The largest absolute Gasteiger partial charge is 0.363 e. The average Bonchev–Trinajstić information content (AvgIpc) is 2.43. The molecule has 0 fully saturated rings. The fourth-order valence-corrected chi connectivity index (χ4v) is 2.74. The smallest absolute Gasteiger partial charge is 0.134 e. The highest BCUT2D eigenvalue weighted by atomic mass is 16.6. The molecule has 0 spiro atoms. The third-order valence-corrected chi connectivity index (χ3v) is 3.81. The standard InChI is InChI=1S/C17H20NO2/c1-18(19)11-12-20-17(14-7-3-2-4-8-14)16-10-6-5-9-15(16)13-18/h2-10,17,19H,11-13H2,1H3/q+1. The second-order valence-electron chi connectivity index (χ2n) is 5.58. The molecule has 1 heterocycles. The van der Waals surface area contributed by atoms with Crippen LogP contribution in [0.2, 0.25) is 0 Å². The second-order valence-corrected chi connectivity index (χ2v) is 5.58. The number of fused-ring (bicyclic) bond motifs is 1. The molecule has 2 aromatic carbocycles. The van der Waals surface area contributed by atoms with Crippen LogP contribution in [0, 0.1) is 0 Å². The molecule has 2 atom stereocenters. The Bertz CT molecular complexity index is 581. The van der Waals surface area contributed by atoms with Gasteiger partial charge in [0.2, 0.25) is 0 Å². The Morgan fingerprint density at radius 3 is 2.55 bits per heavy atom. The molecule has 3 rings (SSSR count). The molecule has 20 heavy (non-hydrogen) atoms. The van der Waals surface area contributed by atoms with E-state index in [9.17, 15) is 5.21 Å². The summed E-state index contributed by atoms with van der Waals surface area (Å²) in [5, 5.41) is 10.3. The van der Waals surface area contributed by atoms with E-state index in [1.54, 1.807) is 0 Å². The maximum Gasteiger partial charge on any atom is 0.134 e. The van der Waals surface area contributed by atoms with Gasteiger partial charge in [-0.05, 0) is 11.1 Å². The summed E-state index contributed by atoms with van der Waals surface area (Å²) < 4.78 is 6.03. The number of hydrogen-bond acceptors (Lipinski definition) is 2. The average molecular weight is 270 g/mol. The van der Waals surface area contributed by atoms with Gasteiger partial charge in [-0.25, -0.2) is 5.21 Å². The predicted octanol–water partition coefficient (Wildman–Crippen LogP) is 3.14. The number of likely N-dealkylation sites (N-methyl/N-ethyl adjacent to an activating group) is 1. The first-order valence-corrected chi connectivity index (χ1v) is 6.97. The number of ether oxygens (including phenoxy) is 1. The van der Waals surface area contributed by atoms with Crippen molar-refractivity contribution < 1.29 is 14.6 Å². The van der Waals surface area contributed by atoms with E-state index in [2.05, 4.69) is 24.3 Å². The van der Waals surface area contributed by atoms with Crippen LogP contribution in [0.15, 0.2) is 54.6 Å². The first kappa shape index (κ1) is 13.3. The fourth-order valence-electron chi connectivity index (χ4n) is 2.74. The van der Waals surface area contributed by atoms with E-state index in [0.29, 0.717) is 19.7 Å². The minimum atomic E-state index is -0.0484. The van der Waals surface area contributed by atoms with E-state index in [1.165, 1.54) is 0 Å². The minimum Gasteiger partial charge on any atom is -0.363 e. The summed E-state index contributed by atoms with van der Waals surface area (Å²) in [5.41, 5.74) is 3.46. The fraction of sp³-hybridized carbons (Fsp3) is 0.294. The number of nitrogens with zero attached hydrogens (tertiary/aromatic N) is 1. The van der Waals surface area contributed by atoms with Crippen molar-refractivity contribution in [3.8, 4) is 0 Å². The molecule has 1 N–H and O–H groups in total. The lowest BCUT2D eigenvalue weighted by molar-refractivity contribution is -1.10. The second kappa shape index (κ2) is 5.37. The molecule has 104 valence electrons. The maximum atomic E-state index is 10.3. The topological polar surface area (TPSA) is 29.5 Å². The van der Waals surface area contributed by atoms with Crippen LogP contribution in [-0.4, -0.2) is 30.1 Å². The van der Waals surface area contributed by atoms with Gasteiger partial charge in [0.15, 0.2) is 0 Å². The zero-order valence-corrected chi connectivity index (χ0v) is 11.7. The van der Waals surface area contributed by atoms with Crippen LogP contribution in [-0.2, 0) is 11.3 Å². The highest BCUT2D eigenvalue weighted by Crippen LogP contribution is 2.31. The predicted molar refractivity (Wildman–Crippen MR) is 77.2 cm³/mol. The number of quaternary nitrogens is 1. The van der Waals surface area contributed by atoms with Crippen LogP contribution in [0.5, 0.6) is 0 Å². The Morgan fingerprint density at radius 2 is 1.75 bits per heavy atom. The summed E-state index contributed by atoms with van der Waals surface area (Å²) in [7, 11) is 1.82. The van der Waals surface area contributed by atoms with Crippen LogP contribution in [0.25, 0.3) is 0 Å². The summed E-state index contributed by atoms with van der Waals surface area (Å²) in [5.74, 6) is 0. The first-order valence-electron chi connectivity index (χ1n) is 6.97. The molecule has 3 nitrogen and oxygen atoms in total. The van der Waals surface area contributed by atoms with Crippen LogP contribution >= 0.6 is 0 Å². The number of hydroxylamine groups is 3. The van der Waals surface area contributed by atoms with Gasteiger partial charge >= 0.3 is 0 Å². The van der Waals surface area contributed by atoms with E-state index in [4.69, 9.17) is 4.74 Å². The third-order valence-electron chi connectivity index (χ3n) is 3.81. The van der Waals surface area contributed by atoms with E-state index in [0.717, 1.165) is 16.7 Å². The van der Waals surface area contributed by atoms with Gasteiger partial charge in [-0.1, -0.05) is 54.6 Å². The van der Waals surface area contributed by atoms with Crippen molar-refractivity contribution in [2.45, 2.75) is 12.6 Å². The van der Waals surface area contributed by atoms with Gasteiger partial charge in [0.1, 0.15) is 19.2 Å². The summed E-state index contributed by atoms with van der Waals surface area (Å²) >= 11 is 0. The molecule has 0 radical (unpaired) electrons. The molecule has 0 aromatic heterocycles. The Morgan fingerprint density at radius 1 is 1.05 bits per heavy atom. The molecule has 2 unspecified atom stereocenters. The first-order chi connectivity index (χ1) is 9.66. The van der Waals surface area contributed by atoms with Crippen molar-refractivity contribution in [3.05, 3.63) is 71.3 Å². The maximum absolute atomic E-state index is 10.3. The van der Waals surface area contributed by atoms with Crippen molar-refractivity contribution in [1.29, 1.82) is 0 Å². The van der Waals surface area contributed by atoms with Gasteiger partial charge in [0, 0.05) is 5.56 Å². The van der Waals surface area contributed by atoms with Crippen molar-refractivity contribution in [1.82, 2.24) is 0 Å². The molecule has 0 saturated carbocycles. The van der Waals surface area contributed by atoms with Crippen molar-refractivity contribution in [2.75, 3.05) is 20.2 Å². The summed E-state index contributed by atoms with van der Waals surface area (Å²) in [6, 6.07) is 18.5. The number of rotatable bonds is 1. The monoisotopic (exact) mass is 270 g/mol. The van der Waals surface area contributed by atoms with Gasteiger partial charge in [-0.15, -0.1) is 0 Å².